The van der Waals surface area contributed by atoms with Crippen LogP contribution in [0.1, 0.15) is 40.0 Å². The topological polar surface area (TPSA) is 63.6 Å². The molecule has 1 saturated carbocycles. The molecule has 1 aliphatic rings. The first-order valence-corrected chi connectivity index (χ1v) is 5.80. The number of esters is 1. The summed E-state index contributed by atoms with van der Waals surface area (Å²) in [6.45, 7) is 6.11. The predicted molar refractivity (Wildman–Crippen MR) is 58.9 cm³/mol. The van der Waals surface area contributed by atoms with Crippen molar-refractivity contribution < 1.29 is 19.4 Å². The van der Waals surface area contributed by atoms with E-state index in [1.54, 1.807) is 0 Å². The zero-order chi connectivity index (χ0) is 12.3. The standard InChI is InChI=1S/C12H20O4/c1-4-5-6-16-11(15)9-7-8(10(13)14)12(9,2)3/h8-9H,4-7H2,1-3H3,(H,13,14)/t8-,9+/m1/s1. The second kappa shape index (κ2) is 4.85. The molecule has 0 aromatic carbocycles. The number of hydrogen-bond acceptors (Lipinski definition) is 3. The molecule has 0 aliphatic heterocycles. The largest absolute Gasteiger partial charge is 0.481 e. The van der Waals surface area contributed by atoms with Crippen molar-refractivity contribution in [3.05, 3.63) is 0 Å². The Hall–Kier alpha value is -1.06. The summed E-state index contributed by atoms with van der Waals surface area (Å²) in [5, 5.41) is 8.93. The van der Waals surface area contributed by atoms with Gasteiger partial charge in [0.15, 0.2) is 0 Å². The lowest BCUT2D eigenvalue weighted by molar-refractivity contribution is -0.175. The Labute approximate surface area is 96.0 Å². The lowest BCUT2D eigenvalue weighted by Gasteiger charge is -2.48. The molecule has 0 aromatic rings. The third-order valence-electron chi connectivity index (χ3n) is 3.59. The average Bonchev–Trinajstić information content (AvgIpc) is 2.16. The summed E-state index contributed by atoms with van der Waals surface area (Å²) in [4.78, 5) is 22.5. The molecule has 4 heteroatoms. The Balaban J connectivity index is 2.46. The third kappa shape index (κ3) is 2.36. The quantitative estimate of drug-likeness (QED) is 0.578. The highest BCUT2D eigenvalue weighted by molar-refractivity contribution is 5.81. The number of hydrogen-bond donors (Lipinski definition) is 1. The van der Waals surface area contributed by atoms with Crippen LogP contribution in [0.4, 0.5) is 0 Å². The van der Waals surface area contributed by atoms with Crippen molar-refractivity contribution in [2.45, 2.75) is 40.0 Å². The molecule has 0 radical (unpaired) electrons. The highest BCUT2D eigenvalue weighted by atomic mass is 16.5. The number of carbonyl (C=O) groups is 2. The van der Waals surface area contributed by atoms with E-state index in [4.69, 9.17) is 9.84 Å². The Morgan fingerprint density at radius 2 is 2.00 bits per heavy atom. The van der Waals surface area contributed by atoms with Crippen LogP contribution in [0.15, 0.2) is 0 Å². The van der Waals surface area contributed by atoms with Gasteiger partial charge in [-0.15, -0.1) is 0 Å². The van der Waals surface area contributed by atoms with Crippen LogP contribution in [0, 0.1) is 17.3 Å². The zero-order valence-corrected chi connectivity index (χ0v) is 10.2. The van der Waals surface area contributed by atoms with Crippen molar-refractivity contribution in [2.24, 2.45) is 17.3 Å². The molecular formula is C12H20O4. The SMILES string of the molecule is CCCCOC(=O)[C@@H]1C[C@H](C(=O)O)C1(C)C. The van der Waals surface area contributed by atoms with Gasteiger partial charge in [-0.1, -0.05) is 27.2 Å². The number of rotatable bonds is 5. The molecule has 2 atom stereocenters. The molecule has 92 valence electrons. The molecular weight excluding hydrogens is 208 g/mol. The van der Waals surface area contributed by atoms with E-state index in [2.05, 4.69) is 0 Å². The fourth-order valence-electron chi connectivity index (χ4n) is 2.16. The van der Waals surface area contributed by atoms with Gasteiger partial charge in [-0.05, 0) is 18.3 Å². The van der Waals surface area contributed by atoms with Crippen molar-refractivity contribution in [1.82, 2.24) is 0 Å². The van der Waals surface area contributed by atoms with Crippen LogP contribution in [0.2, 0.25) is 0 Å². The second-order valence-electron chi connectivity index (χ2n) is 5.02. The Morgan fingerprint density at radius 3 is 2.44 bits per heavy atom. The molecule has 0 unspecified atom stereocenters. The van der Waals surface area contributed by atoms with E-state index in [1.165, 1.54) is 0 Å². The molecule has 1 aliphatic carbocycles. The summed E-state index contributed by atoms with van der Waals surface area (Å²) in [7, 11) is 0. The summed E-state index contributed by atoms with van der Waals surface area (Å²) in [5.74, 6) is -1.74. The van der Waals surface area contributed by atoms with Crippen LogP contribution in [-0.4, -0.2) is 23.7 Å². The van der Waals surface area contributed by atoms with Crippen LogP contribution < -0.4 is 0 Å². The monoisotopic (exact) mass is 228 g/mol. The summed E-state index contributed by atoms with van der Waals surface area (Å²) in [6, 6.07) is 0. The first-order chi connectivity index (χ1) is 7.41. The molecule has 0 bridgehead atoms. The van der Waals surface area contributed by atoms with Crippen LogP contribution in [0.3, 0.4) is 0 Å². The summed E-state index contributed by atoms with van der Waals surface area (Å²) < 4.78 is 5.12. The van der Waals surface area contributed by atoms with Gasteiger partial charge in [0.2, 0.25) is 0 Å². The second-order valence-corrected chi connectivity index (χ2v) is 5.02. The molecule has 16 heavy (non-hydrogen) atoms. The molecule has 0 aromatic heterocycles. The van der Waals surface area contributed by atoms with Crippen LogP contribution in [0.5, 0.6) is 0 Å². The predicted octanol–water partition coefficient (Wildman–Crippen LogP) is 2.08. The maximum absolute atomic E-state index is 11.7. The highest BCUT2D eigenvalue weighted by Crippen LogP contribution is 2.51. The smallest absolute Gasteiger partial charge is 0.309 e. The Kier molecular flexibility index (Phi) is 3.94. The van der Waals surface area contributed by atoms with E-state index in [9.17, 15) is 9.59 Å². The van der Waals surface area contributed by atoms with Gasteiger partial charge in [0, 0.05) is 0 Å². The number of unbranched alkanes of at least 4 members (excludes halogenated alkanes) is 1. The van der Waals surface area contributed by atoms with Crippen LogP contribution >= 0.6 is 0 Å². The van der Waals surface area contributed by atoms with Crippen molar-refractivity contribution in [2.75, 3.05) is 6.61 Å². The van der Waals surface area contributed by atoms with E-state index >= 15 is 0 Å². The average molecular weight is 228 g/mol. The normalized spacial score (nSPS) is 26.9. The van der Waals surface area contributed by atoms with Gasteiger partial charge in [0.25, 0.3) is 0 Å². The van der Waals surface area contributed by atoms with Crippen molar-refractivity contribution in [1.29, 1.82) is 0 Å². The fraction of sp³-hybridized carbons (Fsp3) is 0.833. The molecule has 0 saturated heterocycles. The van der Waals surface area contributed by atoms with Gasteiger partial charge >= 0.3 is 11.9 Å². The zero-order valence-electron chi connectivity index (χ0n) is 10.2. The molecule has 0 heterocycles. The summed E-state index contributed by atoms with van der Waals surface area (Å²) in [6.07, 6.45) is 2.26. The summed E-state index contributed by atoms with van der Waals surface area (Å²) in [5.41, 5.74) is -0.477. The number of carboxylic acid groups (broad SMARTS) is 1. The maximum Gasteiger partial charge on any atom is 0.309 e. The van der Waals surface area contributed by atoms with E-state index in [0.717, 1.165) is 12.8 Å². The van der Waals surface area contributed by atoms with E-state index < -0.39 is 17.3 Å². The van der Waals surface area contributed by atoms with Gasteiger partial charge in [-0.3, -0.25) is 9.59 Å². The van der Waals surface area contributed by atoms with Gasteiger partial charge in [0.1, 0.15) is 0 Å². The minimum atomic E-state index is -0.817. The minimum absolute atomic E-state index is 0.240. The van der Waals surface area contributed by atoms with Gasteiger partial charge in [-0.2, -0.15) is 0 Å². The maximum atomic E-state index is 11.7. The Bertz CT molecular complexity index is 283. The van der Waals surface area contributed by atoms with Gasteiger partial charge in [0.05, 0.1) is 18.4 Å². The van der Waals surface area contributed by atoms with Gasteiger partial charge in [-0.25, -0.2) is 0 Å². The third-order valence-corrected chi connectivity index (χ3v) is 3.59. The van der Waals surface area contributed by atoms with Crippen molar-refractivity contribution in [3.8, 4) is 0 Å². The minimum Gasteiger partial charge on any atom is -0.481 e. The van der Waals surface area contributed by atoms with Crippen LogP contribution in [-0.2, 0) is 14.3 Å². The molecule has 0 spiro atoms. The first-order valence-electron chi connectivity index (χ1n) is 5.80. The summed E-state index contributed by atoms with van der Waals surface area (Å²) >= 11 is 0. The lowest BCUT2D eigenvalue weighted by atomic mass is 9.55. The van der Waals surface area contributed by atoms with Gasteiger partial charge < -0.3 is 9.84 Å². The lowest BCUT2D eigenvalue weighted by Crippen LogP contribution is -2.52. The number of aliphatic carboxylic acids is 1. The number of ether oxygens (including phenoxy) is 1. The number of carboxylic acids is 1. The van der Waals surface area contributed by atoms with Crippen molar-refractivity contribution >= 4 is 11.9 Å². The molecule has 1 N–H and O–H groups in total. The molecule has 4 nitrogen and oxygen atoms in total. The number of carbonyl (C=O) groups excluding carboxylic acids is 1. The molecule has 1 rings (SSSR count). The Morgan fingerprint density at radius 1 is 1.38 bits per heavy atom. The first kappa shape index (κ1) is 13.0. The fourth-order valence-corrected chi connectivity index (χ4v) is 2.16. The van der Waals surface area contributed by atoms with Crippen molar-refractivity contribution in [3.63, 3.8) is 0 Å². The van der Waals surface area contributed by atoms with E-state index in [-0.39, 0.29) is 11.9 Å². The van der Waals surface area contributed by atoms with E-state index in [0.29, 0.717) is 13.0 Å². The molecule has 1 fully saturated rings. The molecule has 0 amide bonds. The van der Waals surface area contributed by atoms with E-state index in [1.807, 2.05) is 20.8 Å². The highest BCUT2D eigenvalue weighted by Gasteiger charge is 2.55. The van der Waals surface area contributed by atoms with Crippen LogP contribution in [0.25, 0.3) is 0 Å².